The molecule has 6 heteroatoms. The minimum Gasteiger partial charge on any atom is -0.352 e. The van der Waals surface area contributed by atoms with Crippen molar-refractivity contribution in [3.63, 3.8) is 0 Å². The minimum absolute atomic E-state index is 0.120. The van der Waals surface area contributed by atoms with Gasteiger partial charge in [0.1, 0.15) is 5.82 Å². The highest BCUT2D eigenvalue weighted by Gasteiger charge is 2.68. The van der Waals surface area contributed by atoms with Crippen LogP contribution in [0.1, 0.15) is 26.2 Å². The largest absolute Gasteiger partial charge is 0.352 e. The molecule has 1 spiro atoms. The fourth-order valence-corrected chi connectivity index (χ4v) is 5.94. The van der Waals surface area contributed by atoms with E-state index in [1.165, 1.54) is 10.1 Å². The molecule has 26 heavy (non-hydrogen) atoms. The van der Waals surface area contributed by atoms with Crippen molar-refractivity contribution in [3.05, 3.63) is 24.3 Å². The molecule has 0 radical (unpaired) electrons. The van der Waals surface area contributed by atoms with Crippen molar-refractivity contribution in [2.24, 2.45) is 10.8 Å². The number of benzene rings is 1. The van der Waals surface area contributed by atoms with Crippen molar-refractivity contribution in [2.45, 2.75) is 26.2 Å². The third-order valence-corrected chi connectivity index (χ3v) is 7.81. The van der Waals surface area contributed by atoms with Gasteiger partial charge in [0.2, 0.25) is 5.91 Å². The Bertz CT molecular complexity index is 835. The fourth-order valence-electron chi connectivity index (χ4n) is 5.14. The molecule has 138 valence electrons. The molecule has 1 atom stereocenters. The van der Waals surface area contributed by atoms with Gasteiger partial charge in [0.15, 0.2) is 0 Å². The molecule has 1 aromatic carbocycles. The molecule has 3 fully saturated rings. The van der Waals surface area contributed by atoms with Crippen LogP contribution in [0.3, 0.4) is 0 Å². The number of hydrogen-bond donors (Lipinski definition) is 1. The van der Waals surface area contributed by atoms with Gasteiger partial charge in [-0.25, -0.2) is 0 Å². The molecule has 3 aliphatic rings. The maximum absolute atomic E-state index is 13.2. The van der Waals surface area contributed by atoms with Crippen LogP contribution in [0, 0.1) is 10.8 Å². The van der Waals surface area contributed by atoms with Crippen molar-refractivity contribution >= 4 is 33.3 Å². The zero-order valence-electron chi connectivity index (χ0n) is 15.3. The number of piperazine rings is 1. The van der Waals surface area contributed by atoms with Gasteiger partial charge in [-0.05, 0) is 61.4 Å². The van der Waals surface area contributed by atoms with Gasteiger partial charge in [0, 0.05) is 31.6 Å². The summed E-state index contributed by atoms with van der Waals surface area (Å²) >= 11 is 1.57. The molecule has 2 saturated heterocycles. The molecule has 1 amide bonds. The summed E-state index contributed by atoms with van der Waals surface area (Å²) in [4.78, 5) is 17.7. The summed E-state index contributed by atoms with van der Waals surface area (Å²) in [6.07, 6.45) is 3.39. The minimum atomic E-state index is -0.120. The van der Waals surface area contributed by atoms with Crippen LogP contribution in [-0.2, 0) is 4.79 Å². The third-order valence-electron chi connectivity index (χ3n) is 6.99. The van der Waals surface area contributed by atoms with Crippen LogP contribution in [0.25, 0.3) is 10.1 Å². The number of hydrogen-bond acceptors (Lipinski definition) is 5. The van der Waals surface area contributed by atoms with Gasteiger partial charge < -0.3 is 15.1 Å². The van der Waals surface area contributed by atoms with E-state index in [1.807, 2.05) is 0 Å². The Balaban J connectivity index is 1.27. The molecule has 1 aromatic heterocycles. The number of rotatable bonds is 2. The Morgan fingerprint density at radius 1 is 1.15 bits per heavy atom. The first-order valence-corrected chi connectivity index (χ1v) is 10.5. The van der Waals surface area contributed by atoms with Gasteiger partial charge in [-0.2, -0.15) is 4.37 Å². The van der Waals surface area contributed by atoms with E-state index in [9.17, 15) is 4.79 Å². The molecular weight excluding hydrogens is 344 g/mol. The number of fused-ring (bicyclic) bond motifs is 1. The van der Waals surface area contributed by atoms with Crippen LogP contribution in [0.2, 0.25) is 0 Å². The van der Waals surface area contributed by atoms with Crippen LogP contribution in [-0.4, -0.2) is 54.4 Å². The van der Waals surface area contributed by atoms with E-state index in [-0.39, 0.29) is 10.8 Å². The molecule has 5 nitrogen and oxygen atoms in total. The standard InChI is InChI=1S/C20H26N4OS/c1-19(14-20(19)6-8-21-9-7-20)18(25)24-12-10-23(11-13-24)17-15-4-2-3-5-16(15)26-22-17/h2-5,21H,6-14H2,1H3. The zero-order valence-corrected chi connectivity index (χ0v) is 16.1. The van der Waals surface area contributed by atoms with Crippen molar-refractivity contribution in [2.75, 3.05) is 44.2 Å². The maximum Gasteiger partial charge on any atom is 0.229 e. The monoisotopic (exact) mass is 370 g/mol. The van der Waals surface area contributed by atoms with E-state index in [2.05, 4.69) is 50.7 Å². The number of amides is 1. The summed E-state index contributed by atoms with van der Waals surface area (Å²) < 4.78 is 5.91. The topological polar surface area (TPSA) is 48.5 Å². The SMILES string of the molecule is CC1(C(=O)N2CCN(c3nsc4ccccc34)CC2)CC12CCNCC2. The predicted octanol–water partition coefficient (Wildman–Crippen LogP) is 2.72. The smallest absolute Gasteiger partial charge is 0.229 e. The van der Waals surface area contributed by atoms with Crippen LogP contribution < -0.4 is 10.2 Å². The Kier molecular flexibility index (Phi) is 3.76. The fraction of sp³-hybridized carbons (Fsp3) is 0.600. The molecule has 0 bridgehead atoms. The number of nitrogens with one attached hydrogen (secondary N) is 1. The van der Waals surface area contributed by atoms with Gasteiger partial charge in [0.05, 0.1) is 10.1 Å². The molecular formula is C20H26N4OS. The highest BCUT2D eigenvalue weighted by atomic mass is 32.1. The molecule has 1 aliphatic carbocycles. The number of nitrogens with zero attached hydrogens (tertiary/aromatic N) is 3. The van der Waals surface area contributed by atoms with Crippen LogP contribution in [0.15, 0.2) is 24.3 Å². The van der Waals surface area contributed by atoms with Gasteiger partial charge in [-0.3, -0.25) is 4.79 Å². The van der Waals surface area contributed by atoms with Crippen LogP contribution >= 0.6 is 11.5 Å². The van der Waals surface area contributed by atoms with E-state index in [0.29, 0.717) is 5.91 Å². The summed E-state index contributed by atoms with van der Waals surface area (Å²) in [7, 11) is 0. The van der Waals surface area contributed by atoms with Gasteiger partial charge in [-0.1, -0.05) is 19.1 Å². The van der Waals surface area contributed by atoms with E-state index in [0.717, 1.165) is 64.3 Å². The van der Waals surface area contributed by atoms with E-state index >= 15 is 0 Å². The zero-order chi connectivity index (χ0) is 17.8. The molecule has 1 N–H and O–H groups in total. The van der Waals surface area contributed by atoms with Crippen LogP contribution in [0.5, 0.6) is 0 Å². The summed E-state index contributed by atoms with van der Waals surface area (Å²) in [5.41, 5.74) is 0.155. The second kappa shape index (κ2) is 5.92. The number of aromatic nitrogens is 1. The Hall–Kier alpha value is -1.66. The van der Waals surface area contributed by atoms with Gasteiger partial charge >= 0.3 is 0 Å². The van der Waals surface area contributed by atoms with Gasteiger partial charge in [-0.15, -0.1) is 0 Å². The lowest BCUT2D eigenvalue weighted by molar-refractivity contribution is -0.138. The number of carbonyl (C=O) groups is 1. The molecule has 2 aromatic rings. The molecule has 5 rings (SSSR count). The lowest BCUT2D eigenvalue weighted by atomic mass is 9.85. The van der Waals surface area contributed by atoms with E-state index in [4.69, 9.17) is 0 Å². The summed E-state index contributed by atoms with van der Waals surface area (Å²) in [5.74, 6) is 1.48. The predicted molar refractivity (Wildman–Crippen MR) is 106 cm³/mol. The number of carbonyl (C=O) groups excluding carboxylic acids is 1. The summed E-state index contributed by atoms with van der Waals surface area (Å²) in [6, 6.07) is 8.42. The van der Waals surface area contributed by atoms with Gasteiger partial charge in [0.25, 0.3) is 0 Å². The quantitative estimate of drug-likeness (QED) is 0.883. The summed E-state index contributed by atoms with van der Waals surface area (Å²) in [6.45, 7) is 7.72. The van der Waals surface area contributed by atoms with Crippen molar-refractivity contribution < 1.29 is 4.79 Å². The van der Waals surface area contributed by atoms with Crippen molar-refractivity contribution in [3.8, 4) is 0 Å². The summed E-state index contributed by atoms with van der Waals surface area (Å²) in [5, 5.41) is 4.67. The Labute approximate surface area is 158 Å². The Morgan fingerprint density at radius 3 is 2.65 bits per heavy atom. The number of piperidine rings is 1. The lowest BCUT2D eigenvalue weighted by Crippen LogP contribution is -2.51. The van der Waals surface area contributed by atoms with Crippen LogP contribution in [0.4, 0.5) is 5.82 Å². The van der Waals surface area contributed by atoms with Crippen molar-refractivity contribution in [1.82, 2.24) is 14.6 Å². The first-order valence-electron chi connectivity index (χ1n) is 9.73. The third kappa shape index (κ3) is 2.38. The molecule has 2 aliphatic heterocycles. The first-order chi connectivity index (χ1) is 12.6. The van der Waals surface area contributed by atoms with E-state index < -0.39 is 0 Å². The van der Waals surface area contributed by atoms with Crippen molar-refractivity contribution in [1.29, 1.82) is 0 Å². The second-order valence-corrected chi connectivity index (χ2v) is 9.13. The second-order valence-electron chi connectivity index (χ2n) is 8.32. The average molecular weight is 371 g/mol. The Morgan fingerprint density at radius 2 is 1.88 bits per heavy atom. The molecule has 1 unspecified atom stereocenters. The van der Waals surface area contributed by atoms with E-state index in [1.54, 1.807) is 11.5 Å². The normalized spacial score (nSPS) is 27.9. The first kappa shape index (κ1) is 16.5. The lowest BCUT2D eigenvalue weighted by Gasteiger charge is -2.38. The maximum atomic E-state index is 13.2. The molecule has 1 saturated carbocycles. The highest BCUT2D eigenvalue weighted by Crippen LogP contribution is 2.69. The number of anilines is 1. The average Bonchev–Trinajstić information content (AvgIpc) is 3.05. The molecule has 3 heterocycles. The highest BCUT2D eigenvalue weighted by molar-refractivity contribution is 7.13.